The van der Waals surface area contributed by atoms with E-state index >= 15 is 0 Å². The molecule has 1 heterocycles. The van der Waals surface area contributed by atoms with Gasteiger partial charge in [-0.2, -0.15) is 0 Å². The van der Waals surface area contributed by atoms with Gasteiger partial charge < -0.3 is 4.74 Å². The predicted octanol–water partition coefficient (Wildman–Crippen LogP) is 3.83. The van der Waals surface area contributed by atoms with Crippen molar-refractivity contribution < 1.29 is 4.74 Å². The molecular weight excluding hydrogens is 300 g/mol. The van der Waals surface area contributed by atoms with E-state index in [2.05, 4.69) is 26.1 Å². The summed E-state index contributed by atoms with van der Waals surface area (Å²) in [7, 11) is 0. The van der Waals surface area contributed by atoms with Crippen molar-refractivity contribution in [3.05, 3.63) is 33.7 Å². The van der Waals surface area contributed by atoms with Crippen LogP contribution in [0.5, 0.6) is 10.9 Å². The van der Waals surface area contributed by atoms with E-state index in [1.807, 2.05) is 24.3 Å². The number of aromatic nitrogens is 2. The molecule has 0 saturated carbocycles. The highest BCUT2D eigenvalue weighted by molar-refractivity contribution is 9.10. The maximum atomic E-state index is 5.61. The lowest BCUT2D eigenvalue weighted by atomic mass is 10.3. The second-order valence-electron chi connectivity index (χ2n) is 2.65. The van der Waals surface area contributed by atoms with E-state index in [9.17, 15) is 0 Å². The molecule has 3 nitrogen and oxygen atoms in total. The Kier molecular flexibility index (Phi) is 3.56. The zero-order chi connectivity index (χ0) is 10.7. The molecule has 2 rings (SSSR count). The quantitative estimate of drug-likeness (QED) is 0.808. The van der Waals surface area contributed by atoms with Crippen molar-refractivity contribution in [1.29, 1.82) is 0 Å². The Morgan fingerprint density at radius 2 is 2.27 bits per heavy atom. The number of benzene rings is 1. The normalized spacial score (nSPS) is 10.3. The third-order valence-electron chi connectivity index (χ3n) is 1.56. The van der Waals surface area contributed by atoms with Crippen LogP contribution in [0.3, 0.4) is 0 Å². The lowest BCUT2D eigenvalue weighted by Crippen LogP contribution is -1.82. The molecule has 0 unspecified atom stereocenters. The van der Waals surface area contributed by atoms with Crippen LogP contribution >= 0.6 is 38.9 Å². The number of ether oxygens (including phenoxy) is 1. The molecule has 0 aliphatic carbocycles. The summed E-state index contributed by atoms with van der Waals surface area (Å²) < 4.78 is 6.46. The lowest BCUT2D eigenvalue weighted by molar-refractivity contribution is 0.473. The largest absolute Gasteiger partial charge is 0.430 e. The molecule has 0 radical (unpaired) electrons. The van der Waals surface area contributed by atoms with Crippen LogP contribution in [-0.4, -0.2) is 10.2 Å². The highest BCUT2D eigenvalue weighted by Crippen LogP contribution is 2.27. The number of halogens is 2. The first-order valence-electron chi connectivity index (χ1n) is 4.09. The standard InChI is InChI=1S/C9H6BrClN2OS/c10-6-2-1-3-7(4-6)14-9-13-12-8(5-11)15-9/h1-4H,5H2. The maximum absolute atomic E-state index is 5.61. The predicted molar refractivity (Wildman–Crippen MR) is 63.7 cm³/mol. The van der Waals surface area contributed by atoms with E-state index in [0.29, 0.717) is 11.1 Å². The first-order chi connectivity index (χ1) is 7.28. The smallest absolute Gasteiger partial charge is 0.299 e. The van der Waals surface area contributed by atoms with Gasteiger partial charge in [-0.05, 0) is 18.2 Å². The Balaban J connectivity index is 2.14. The summed E-state index contributed by atoms with van der Waals surface area (Å²) in [6.45, 7) is 0. The van der Waals surface area contributed by atoms with Gasteiger partial charge in [0.2, 0.25) is 0 Å². The average molecular weight is 306 g/mol. The molecule has 1 aromatic heterocycles. The van der Waals surface area contributed by atoms with E-state index < -0.39 is 0 Å². The van der Waals surface area contributed by atoms with Gasteiger partial charge in [-0.15, -0.1) is 16.7 Å². The molecule has 0 spiro atoms. The maximum Gasteiger partial charge on any atom is 0.299 e. The highest BCUT2D eigenvalue weighted by Gasteiger charge is 2.05. The summed E-state index contributed by atoms with van der Waals surface area (Å²) in [6, 6.07) is 7.54. The number of hydrogen-bond donors (Lipinski definition) is 0. The van der Waals surface area contributed by atoms with Crippen LogP contribution in [0, 0.1) is 0 Å². The SMILES string of the molecule is ClCc1nnc(Oc2cccc(Br)c2)s1. The summed E-state index contributed by atoms with van der Waals surface area (Å²) >= 11 is 10.3. The third kappa shape index (κ3) is 2.90. The second kappa shape index (κ2) is 4.92. The summed E-state index contributed by atoms with van der Waals surface area (Å²) in [5.74, 6) is 1.08. The number of nitrogens with zero attached hydrogens (tertiary/aromatic N) is 2. The van der Waals surface area contributed by atoms with Crippen LogP contribution in [0.15, 0.2) is 28.7 Å². The highest BCUT2D eigenvalue weighted by atomic mass is 79.9. The zero-order valence-electron chi connectivity index (χ0n) is 7.48. The molecule has 0 aliphatic heterocycles. The average Bonchev–Trinajstić information content (AvgIpc) is 2.65. The minimum absolute atomic E-state index is 0.361. The lowest BCUT2D eigenvalue weighted by Gasteiger charge is -2.00. The molecule has 6 heteroatoms. The first kappa shape index (κ1) is 10.9. The van der Waals surface area contributed by atoms with Crippen molar-refractivity contribution in [2.75, 3.05) is 0 Å². The summed E-state index contributed by atoms with van der Waals surface area (Å²) in [4.78, 5) is 0. The Labute approximate surface area is 104 Å². The first-order valence-corrected chi connectivity index (χ1v) is 6.24. The summed E-state index contributed by atoms with van der Waals surface area (Å²) in [6.07, 6.45) is 0. The molecule has 0 bridgehead atoms. The minimum atomic E-state index is 0.361. The van der Waals surface area contributed by atoms with E-state index in [1.54, 1.807) is 0 Å². The van der Waals surface area contributed by atoms with Crippen LogP contribution in [0.1, 0.15) is 5.01 Å². The van der Waals surface area contributed by atoms with Crippen LogP contribution in [-0.2, 0) is 5.88 Å². The fourth-order valence-electron chi connectivity index (χ4n) is 0.965. The Bertz CT molecular complexity index is 463. The van der Waals surface area contributed by atoms with Gasteiger partial charge in [0.05, 0.1) is 5.88 Å². The van der Waals surface area contributed by atoms with Crippen molar-refractivity contribution in [1.82, 2.24) is 10.2 Å². The third-order valence-corrected chi connectivity index (χ3v) is 3.27. The van der Waals surface area contributed by atoms with E-state index in [-0.39, 0.29) is 0 Å². The van der Waals surface area contributed by atoms with Gasteiger partial charge in [-0.25, -0.2) is 0 Å². The summed E-state index contributed by atoms with van der Waals surface area (Å²) in [5.41, 5.74) is 0. The minimum Gasteiger partial charge on any atom is -0.430 e. The zero-order valence-corrected chi connectivity index (χ0v) is 10.6. The monoisotopic (exact) mass is 304 g/mol. The van der Waals surface area contributed by atoms with Crippen LogP contribution in [0.4, 0.5) is 0 Å². The Hall–Kier alpha value is -0.650. The van der Waals surface area contributed by atoms with Crippen molar-refractivity contribution in [3.63, 3.8) is 0 Å². The van der Waals surface area contributed by atoms with Gasteiger partial charge in [-0.3, -0.25) is 0 Å². The van der Waals surface area contributed by atoms with Gasteiger partial charge >= 0.3 is 0 Å². The van der Waals surface area contributed by atoms with Gasteiger partial charge in [0.15, 0.2) is 0 Å². The number of rotatable bonds is 3. The van der Waals surface area contributed by atoms with Gasteiger partial charge in [-0.1, -0.05) is 38.4 Å². The van der Waals surface area contributed by atoms with Gasteiger partial charge in [0.1, 0.15) is 10.8 Å². The van der Waals surface area contributed by atoms with E-state index in [1.165, 1.54) is 11.3 Å². The molecule has 0 atom stereocenters. The Morgan fingerprint density at radius 3 is 2.93 bits per heavy atom. The van der Waals surface area contributed by atoms with Gasteiger partial charge in [0, 0.05) is 4.47 Å². The molecule has 0 saturated heterocycles. The van der Waals surface area contributed by atoms with Crippen molar-refractivity contribution in [3.8, 4) is 10.9 Å². The van der Waals surface area contributed by atoms with E-state index in [0.717, 1.165) is 15.2 Å². The van der Waals surface area contributed by atoms with Crippen LogP contribution in [0.25, 0.3) is 0 Å². The van der Waals surface area contributed by atoms with Crippen molar-refractivity contribution in [2.45, 2.75) is 5.88 Å². The summed E-state index contributed by atoms with van der Waals surface area (Å²) in [5, 5.41) is 8.97. The molecule has 1 aromatic carbocycles. The number of hydrogen-bond acceptors (Lipinski definition) is 4. The molecule has 0 fully saturated rings. The molecule has 0 N–H and O–H groups in total. The number of alkyl halides is 1. The Morgan fingerprint density at radius 1 is 1.40 bits per heavy atom. The molecule has 0 aliphatic rings. The van der Waals surface area contributed by atoms with Crippen molar-refractivity contribution in [2.24, 2.45) is 0 Å². The van der Waals surface area contributed by atoms with Crippen LogP contribution < -0.4 is 4.74 Å². The van der Waals surface area contributed by atoms with Crippen molar-refractivity contribution >= 4 is 38.9 Å². The fourth-order valence-corrected chi connectivity index (χ4v) is 2.12. The molecule has 15 heavy (non-hydrogen) atoms. The second-order valence-corrected chi connectivity index (χ2v) is 4.86. The van der Waals surface area contributed by atoms with E-state index in [4.69, 9.17) is 16.3 Å². The molecule has 2 aromatic rings. The van der Waals surface area contributed by atoms with Crippen LogP contribution in [0.2, 0.25) is 0 Å². The topological polar surface area (TPSA) is 35.0 Å². The fraction of sp³-hybridized carbons (Fsp3) is 0.111. The molecule has 78 valence electrons. The van der Waals surface area contributed by atoms with Gasteiger partial charge in [0.25, 0.3) is 5.19 Å². The molecule has 0 amide bonds. The molecular formula is C9H6BrClN2OS.